The molecule has 2 aromatic carbocycles. The van der Waals surface area contributed by atoms with Crippen LogP contribution in [0.5, 0.6) is 0 Å². The van der Waals surface area contributed by atoms with Crippen LogP contribution in [0.4, 0.5) is 0 Å². The normalized spacial score (nSPS) is 10.5. The van der Waals surface area contributed by atoms with Crippen molar-refractivity contribution in [3.05, 3.63) is 77.3 Å². The van der Waals surface area contributed by atoms with Gasteiger partial charge in [0, 0.05) is 0 Å². The molecule has 2 aromatic rings. The summed E-state index contributed by atoms with van der Waals surface area (Å²) in [6.07, 6.45) is 0. The third-order valence-electron chi connectivity index (χ3n) is 3.85. The summed E-state index contributed by atoms with van der Waals surface area (Å²) in [6, 6.07) is 18.0. The van der Waals surface area contributed by atoms with Gasteiger partial charge in [-0.15, -0.1) is 0 Å². The summed E-state index contributed by atoms with van der Waals surface area (Å²) in [6.45, 7) is 1.69. The lowest BCUT2D eigenvalue weighted by atomic mass is 9.71. The molecule has 0 aliphatic rings. The lowest BCUT2D eigenvalue weighted by Gasteiger charge is -2.27. The van der Waals surface area contributed by atoms with E-state index in [0.29, 0.717) is 11.1 Å². The molecule has 5 heteroatoms. The fourth-order valence-electron chi connectivity index (χ4n) is 2.48. The van der Waals surface area contributed by atoms with Crippen LogP contribution in [0.2, 0.25) is 0 Å². The fraction of sp³-hybridized carbons (Fsp3) is 0.167. The van der Waals surface area contributed by atoms with Gasteiger partial charge >= 0.3 is 11.7 Å². The maximum Gasteiger partial charge on any atom is 0.442 e. The monoisotopic (exact) mass is 308 g/mol. The predicted octanol–water partition coefficient (Wildman–Crippen LogP) is 2.41. The fourth-order valence-corrected chi connectivity index (χ4v) is 2.48. The number of hydrogen-bond acceptors (Lipinski definition) is 3. The van der Waals surface area contributed by atoms with Gasteiger partial charge in [0.2, 0.25) is 0 Å². The van der Waals surface area contributed by atoms with Crippen molar-refractivity contribution in [2.24, 2.45) is 0 Å². The molecule has 0 radical (unpaired) electrons. The minimum absolute atomic E-state index is 0.635. The largest absolute Gasteiger partial charge is 0.460 e. The minimum atomic E-state index is -1.18. The highest BCUT2D eigenvalue weighted by Crippen LogP contribution is 2.33. The number of esters is 1. The van der Waals surface area contributed by atoms with E-state index >= 15 is 0 Å². The molecule has 0 spiro atoms. The van der Waals surface area contributed by atoms with Gasteiger partial charge in [0.25, 0.3) is 5.78 Å². The number of methoxy groups -OCH3 is 1. The van der Waals surface area contributed by atoms with Gasteiger partial charge < -0.3 is 10.3 Å². The molecule has 0 heterocycles. The van der Waals surface area contributed by atoms with Gasteiger partial charge in [0.1, 0.15) is 0 Å². The second kappa shape index (κ2) is 6.81. The van der Waals surface area contributed by atoms with E-state index in [9.17, 15) is 9.59 Å². The molecule has 0 saturated heterocycles. The highest BCUT2D eigenvalue weighted by atomic mass is 16.5. The van der Waals surface area contributed by atoms with E-state index < -0.39 is 22.9 Å². The minimum Gasteiger partial charge on any atom is -0.460 e. The second-order valence-corrected chi connectivity index (χ2v) is 5.13. The van der Waals surface area contributed by atoms with Crippen LogP contribution >= 0.6 is 0 Å². The van der Waals surface area contributed by atoms with E-state index in [-0.39, 0.29) is 0 Å². The maximum absolute atomic E-state index is 13.0. The Labute approximate surface area is 134 Å². The summed E-state index contributed by atoms with van der Waals surface area (Å²) in [5, 5.41) is 0. The quantitative estimate of drug-likeness (QED) is 0.280. The Morgan fingerprint density at radius 2 is 1.39 bits per heavy atom. The van der Waals surface area contributed by atoms with Crippen molar-refractivity contribution in [3.63, 3.8) is 0 Å². The smallest absolute Gasteiger partial charge is 0.442 e. The van der Waals surface area contributed by atoms with Crippen LogP contribution in [0.3, 0.4) is 0 Å². The zero-order valence-corrected chi connectivity index (χ0v) is 12.9. The molecule has 5 nitrogen and oxygen atoms in total. The first kappa shape index (κ1) is 16.3. The van der Waals surface area contributed by atoms with Crippen molar-refractivity contribution < 1.29 is 19.1 Å². The molecule has 0 amide bonds. The molecule has 0 atom stereocenters. The van der Waals surface area contributed by atoms with Crippen LogP contribution in [0, 0.1) is 0 Å². The Morgan fingerprint density at radius 1 is 0.957 bits per heavy atom. The first-order chi connectivity index (χ1) is 11.1. The van der Waals surface area contributed by atoms with Crippen LogP contribution < -0.4 is 0 Å². The number of ketones is 1. The molecule has 0 aliphatic carbocycles. The van der Waals surface area contributed by atoms with E-state index in [0.717, 1.165) is 7.11 Å². The van der Waals surface area contributed by atoms with Crippen LogP contribution in [0.1, 0.15) is 18.1 Å². The van der Waals surface area contributed by atoms with Crippen LogP contribution in [0.15, 0.2) is 60.7 Å². The predicted molar refractivity (Wildman–Crippen MR) is 85.0 cm³/mol. The average Bonchev–Trinajstić information content (AvgIpc) is 2.62. The third kappa shape index (κ3) is 2.96. The van der Waals surface area contributed by atoms with E-state index in [2.05, 4.69) is 9.53 Å². The lowest BCUT2D eigenvalue weighted by molar-refractivity contribution is -0.140. The SMILES string of the molecule is COC(=O)C(=[N+]=[N-])C(=O)C(C)(c1ccccc1)c1ccccc1. The number of Topliss-reactive ketones (excluding diaryl/α,β-unsaturated/α-hetero) is 1. The van der Waals surface area contributed by atoms with Crippen LogP contribution in [-0.2, 0) is 19.7 Å². The topological polar surface area (TPSA) is 79.8 Å². The average molecular weight is 308 g/mol. The molecule has 0 aliphatic heterocycles. The summed E-state index contributed by atoms with van der Waals surface area (Å²) in [4.78, 5) is 27.6. The Hall–Kier alpha value is -3.04. The molecular weight excluding hydrogens is 292 g/mol. The number of benzene rings is 2. The van der Waals surface area contributed by atoms with Crippen molar-refractivity contribution in [1.29, 1.82) is 0 Å². The number of carbonyl (C=O) groups excluding carboxylic acids is 2. The molecule has 23 heavy (non-hydrogen) atoms. The highest BCUT2D eigenvalue weighted by Gasteiger charge is 2.47. The molecule has 0 aromatic heterocycles. The molecule has 0 N–H and O–H groups in total. The number of hydrogen-bond donors (Lipinski definition) is 0. The van der Waals surface area contributed by atoms with Crippen molar-refractivity contribution >= 4 is 17.5 Å². The van der Waals surface area contributed by atoms with Crippen LogP contribution in [-0.4, -0.2) is 29.4 Å². The zero-order chi connectivity index (χ0) is 16.9. The highest BCUT2D eigenvalue weighted by molar-refractivity contribution is 6.64. The molecule has 2 rings (SSSR count). The third-order valence-corrected chi connectivity index (χ3v) is 3.85. The zero-order valence-electron chi connectivity index (χ0n) is 12.9. The van der Waals surface area contributed by atoms with E-state index in [4.69, 9.17) is 5.53 Å². The number of carbonyl (C=O) groups is 2. The molecule has 0 saturated carbocycles. The van der Waals surface area contributed by atoms with Crippen molar-refractivity contribution in [1.82, 2.24) is 0 Å². The van der Waals surface area contributed by atoms with Gasteiger partial charge in [-0.1, -0.05) is 60.7 Å². The van der Waals surface area contributed by atoms with Crippen molar-refractivity contribution in [2.45, 2.75) is 12.3 Å². The standard InChI is InChI=1S/C18H16N2O3/c1-18(13-9-5-3-6-10-13,14-11-7-4-8-12-14)16(21)15(20-19)17(22)23-2/h3-12H,1-2H3. The van der Waals surface area contributed by atoms with Gasteiger partial charge in [-0.2, -0.15) is 4.79 Å². The van der Waals surface area contributed by atoms with E-state index in [1.54, 1.807) is 55.5 Å². The molecule has 116 valence electrons. The van der Waals surface area contributed by atoms with Gasteiger partial charge in [0.15, 0.2) is 0 Å². The molecule has 0 bridgehead atoms. The summed E-state index contributed by atoms with van der Waals surface area (Å²) < 4.78 is 4.54. The Morgan fingerprint density at radius 3 is 1.74 bits per heavy atom. The summed E-state index contributed by atoms with van der Waals surface area (Å²) >= 11 is 0. The van der Waals surface area contributed by atoms with E-state index in [1.165, 1.54) is 0 Å². The molecule has 0 fully saturated rings. The summed E-state index contributed by atoms with van der Waals surface area (Å²) in [7, 11) is 1.13. The summed E-state index contributed by atoms with van der Waals surface area (Å²) in [5.74, 6) is -1.61. The summed E-state index contributed by atoms with van der Waals surface area (Å²) in [5.41, 5.74) is 8.67. The van der Waals surface area contributed by atoms with Gasteiger partial charge in [-0.05, 0) is 18.1 Å². The Kier molecular flexibility index (Phi) is 4.84. The number of ether oxygens (including phenoxy) is 1. The Bertz CT molecular complexity index is 724. The molecule has 0 unspecified atom stereocenters. The maximum atomic E-state index is 13.0. The first-order valence-corrected chi connectivity index (χ1v) is 7.02. The van der Waals surface area contributed by atoms with Crippen molar-refractivity contribution in [2.75, 3.05) is 7.11 Å². The number of rotatable bonds is 5. The van der Waals surface area contributed by atoms with E-state index in [1.807, 2.05) is 12.1 Å². The first-order valence-electron chi connectivity index (χ1n) is 7.02. The van der Waals surface area contributed by atoms with Crippen molar-refractivity contribution in [3.8, 4) is 0 Å². The van der Waals surface area contributed by atoms with Gasteiger partial charge in [-0.3, -0.25) is 4.79 Å². The van der Waals surface area contributed by atoms with Gasteiger partial charge in [-0.25, -0.2) is 4.79 Å². The molecular formula is C18H16N2O3. The Balaban J connectivity index is 2.67. The lowest BCUT2D eigenvalue weighted by Crippen LogP contribution is -2.43. The second-order valence-electron chi connectivity index (χ2n) is 5.13. The van der Waals surface area contributed by atoms with Crippen LogP contribution in [0.25, 0.3) is 5.53 Å². The number of nitrogens with zero attached hydrogens (tertiary/aromatic N) is 2. The van der Waals surface area contributed by atoms with Gasteiger partial charge in [0.05, 0.1) is 12.5 Å².